The Hall–Kier alpha value is -1.53. The predicted octanol–water partition coefficient (Wildman–Crippen LogP) is 1.31. The maximum absolute atomic E-state index is 12.5. The van der Waals surface area contributed by atoms with Crippen LogP contribution in [0.5, 0.6) is 0 Å². The molecule has 4 nitrogen and oxygen atoms in total. The molecule has 0 spiro atoms. The van der Waals surface area contributed by atoms with Gasteiger partial charge in [0.15, 0.2) is 0 Å². The van der Waals surface area contributed by atoms with Gasteiger partial charge in [0.1, 0.15) is 0 Å². The molecule has 1 N–H and O–H groups in total. The molecule has 0 aliphatic rings. The van der Waals surface area contributed by atoms with Crippen LogP contribution in [0.3, 0.4) is 0 Å². The van der Waals surface area contributed by atoms with Crippen LogP contribution in [-0.2, 0) is 0 Å². The van der Waals surface area contributed by atoms with Crippen LogP contribution in [0.25, 0.3) is 0 Å². The lowest BCUT2D eigenvalue weighted by molar-refractivity contribution is 0.000680. The molecule has 1 unspecified atom stereocenters. The van der Waals surface area contributed by atoms with Crippen molar-refractivity contribution < 1.29 is 23.1 Å². The van der Waals surface area contributed by atoms with Crippen LogP contribution in [-0.4, -0.2) is 27.3 Å². The number of halogens is 3. The molecule has 0 aromatic carbocycles. The Balaban J connectivity index is 2.85. The molecule has 1 rings (SSSR count). The molecule has 0 radical (unpaired) electrons. The van der Waals surface area contributed by atoms with Crippen molar-refractivity contribution >= 4 is 5.97 Å². The molecule has 0 bridgehead atoms. The standard InChI is InChI=1S/C6H5F3N2O2/c7-4(8)5(9)11-2-3(1-10-11)6(12)13/h1-2,4-5H,(H,12,13). The number of aromatic carboxylic acids is 1. The molecule has 1 aromatic rings. The van der Waals surface area contributed by atoms with E-state index < -0.39 is 18.7 Å². The number of aromatic nitrogens is 2. The highest BCUT2D eigenvalue weighted by molar-refractivity contribution is 5.86. The zero-order chi connectivity index (χ0) is 10.0. The summed E-state index contributed by atoms with van der Waals surface area (Å²) in [4.78, 5) is 10.2. The van der Waals surface area contributed by atoms with Crippen LogP contribution in [0.4, 0.5) is 13.2 Å². The molecule has 13 heavy (non-hydrogen) atoms. The van der Waals surface area contributed by atoms with Crippen LogP contribution in [0.15, 0.2) is 12.4 Å². The number of nitrogens with zero attached hydrogens (tertiary/aromatic N) is 2. The van der Waals surface area contributed by atoms with E-state index in [0.717, 1.165) is 6.20 Å². The molecule has 0 saturated heterocycles. The second kappa shape index (κ2) is 3.46. The SMILES string of the molecule is O=C(O)c1cnn(C(F)C(F)F)c1. The monoisotopic (exact) mass is 194 g/mol. The summed E-state index contributed by atoms with van der Waals surface area (Å²) in [6.45, 7) is 0. The highest BCUT2D eigenvalue weighted by Gasteiger charge is 2.22. The number of hydrogen-bond acceptors (Lipinski definition) is 2. The van der Waals surface area contributed by atoms with Gasteiger partial charge >= 0.3 is 5.97 Å². The Labute approximate surface area is 70.6 Å². The molecule has 0 aliphatic carbocycles. The van der Waals surface area contributed by atoms with Crippen LogP contribution >= 0.6 is 0 Å². The summed E-state index contributed by atoms with van der Waals surface area (Å²) in [5, 5.41) is 11.5. The van der Waals surface area contributed by atoms with Crippen molar-refractivity contribution in [2.24, 2.45) is 0 Å². The fourth-order valence-electron chi connectivity index (χ4n) is 0.699. The van der Waals surface area contributed by atoms with Crippen LogP contribution < -0.4 is 0 Å². The Morgan fingerprint density at radius 1 is 1.54 bits per heavy atom. The lowest BCUT2D eigenvalue weighted by atomic mass is 10.4. The number of rotatable bonds is 3. The largest absolute Gasteiger partial charge is 0.478 e. The number of alkyl halides is 3. The fraction of sp³-hybridized carbons (Fsp3) is 0.333. The van der Waals surface area contributed by atoms with Gasteiger partial charge in [-0.3, -0.25) is 0 Å². The minimum atomic E-state index is -3.22. The predicted molar refractivity (Wildman–Crippen MR) is 35.3 cm³/mol. The van der Waals surface area contributed by atoms with E-state index in [0.29, 0.717) is 6.20 Å². The molecule has 7 heteroatoms. The Kier molecular flexibility index (Phi) is 2.54. The van der Waals surface area contributed by atoms with Gasteiger partial charge in [0, 0.05) is 6.20 Å². The molecular weight excluding hydrogens is 189 g/mol. The van der Waals surface area contributed by atoms with Crippen molar-refractivity contribution in [1.29, 1.82) is 0 Å². The molecule has 0 saturated carbocycles. The summed E-state index contributed by atoms with van der Waals surface area (Å²) in [5.74, 6) is -1.34. The minimum Gasteiger partial charge on any atom is -0.478 e. The summed E-state index contributed by atoms with van der Waals surface area (Å²) in [5.41, 5.74) is -0.330. The Morgan fingerprint density at radius 2 is 2.15 bits per heavy atom. The summed E-state index contributed by atoms with van der Waals surface area (Å²) < 4.78 is 36.2. The zero-order valence-electron chi connectivity index (χ0n) is 6.19. The zero-order valence-corrected chi connectivity index (χ0v) is 6.19. The summed E-state index contributed by atoms with van der Waals surface area (Å²) in [6, 6.07) is 0. The van der Waals surface area contributed by atoms with E-state index in [1.165, 1.54) is 0 Å². The second-order valence-corrected chi connectivity index (χ2v) is 2.22. The summed E-state index contributed by atoms with van der Waals surface area (Å²) in [7, 11) is 0. The highest BCUT2D eigenvalue weighted by atomic mass is 19.3. The van der Waals surface area contributed by atoms with Crippen molar-refractivity contribution in [1.82, 2.24) is 9.78 Å². The molecule has 1 atom stereocenters. The number of carboxylic acid groups (broad SMARTS) is 1. The minimum absolute atomic E-state index is 0.272. The first-order chi connectivity index (χ1) is 6.02. The third kappa shape index (κ3) is 1.98. The number of hydrogen-bond donors (Lipinski definition) is 1. The Morgan fingerprint density at radius 3 is 2.54 bits per heavy atom. The summed E-state index contributed by atoms with van der Waals surface area (Å²) in [6.07, 6.45) is -4.31. The van der Waals surface area contributed by atoms with E-state index in [9.17, 15) is 18.0 Å². The van der Waals surface area contributed by atoms with E-state index in [1.807, 2.05) is 0 Å². The lowest BCUT2D eigenvalue weighted by Crippen LogP contribution is -2.12. The van der Waals surface area contributed by atoms with Crippen LogP contribution in [0, 0.1) is 0 Å². The molecule has 0 fully saturated rings. The second-order valence-electron chi connectivity index (χ2n) is 2.22. The third-order valence-corrected chi connectivity index (χ3v) is 1.31. The first-order valence-electron chi connectivity index (χ1n) is 3.22. The van der Waals surface area contributed by atoms with Crippen molar-refractivity contribution in [3.63, 3.8) is 0 Å². The average Bonchev–Trinajstić information content (AvgIpc) is 2.50. The third-order valence-electron chi connectivity index (χ3n) is 1.31. The normalized spacial score (nSPS) is 13.2. The average molecular weight is 194 g/mol. The summed E-state index contributed by atoms with van der Waals surface area (Å²) >= 11 is 0. The van der Waals surface area contributed by atoms with Crippen molar-refractivity contribution in [2.75, 3.05) is 0 Å². The number of carboxylic acids is 1. The topological polar surface area (TPSA) is 55.1 Å². The molecule has 1 heterocycles. The first-order valence-corrected chi connectivity index (χ1v) is 3.22. The van der Waals surface area contributed by atoms with Gasteiger partial charge in [-0.15, -0.1) is 0 Å². The van der Waals surface area contributed by atoms with E-state index in [1.54, 1.807) is 0 Å². The van der Waals surface area contributed by atoms with Gasteiger partial charge in [-0.25, -0.2) is 22.6 Å². The van der Waals surface area contributed by atoms with E-state index in [4.69, 9.17) is 5.11 Å². The molecule has 1 aromatic heterocycles. The van der Waals surface area contributed by atoms with E-state index in [-0.39, 0.29) is 10.2 Å². The van der Waals surface area contributed by atoms with Gasteiger partial charge in [0.25, 0.3) is 12.7 Å². The highest BCUT2D eigenvalue weighted by Crippen LogP contribution is 2.17. The maximum atomic E-state index is 12.5. The van der Waals surface area contributed by atoms with E-state index in [2.05, 4.69) is 5.10 Å². The number of carbonyl (C=O) groups is 1. The molecular formula is C6H5F3N2O2. The fourth-order valence-corrected chi connectivity index (χ4v) is 0.699. The van der Waals surface area contributed by atoms with Gasteiger partial charge < -0.3 is 5.11 Å². The van der Waals surface area contributed by atoms with Gasteiger partial charge in [-0.05, 0) is 0 Å². The maximum Gasteiger partial charge on any atom is 0.338 e. The molecule has 0 amide bonds. The van der Waals surface area contributed by atoms with Crippen molar-refractivity contribution in [3.05, 3.63) is 18.0 Å². The smallest absolute Gasteiger partial charge is 0.338 e. The molecule has 72 valence electrons. The van der Waals surface area contributed by atoms with E-state index >= 15 is 0 Å². The quantitative estimate of drug-likeness (QED) is 0.789. The first kappa shape index (κ1) is 9.56. The van der Waals surface area contributed by atoms with Gasteiger partial charge in [-0.1, -0.05) is 0 Å². The molecule has 0 aliphatic heterocycles. The van der Waals surface area contributed by atoms with Gasteiger partial charge in [0.2, 0.25) is 0 Å². The Bertz CT molecular complexity index is 313. The lowest BCUT2D eigenvalue weighted by Gasteiger charge is -2.05. The van der Waals surface area contributed by atoms with Gasteiger partial charge in [0.05, 0.1) is 11.8 Å². The van der Waals surface area contributed by atoms with Crippen molar-refractivity contribution in [2.45, 2.75) is 12.7 Å². The van der Waals surface area contributed by atoms with Crippen molar-refractivity contribution in [3.8, 4) is 0 Å². The van der Waals surface area contributed by atoms with Gasteiger partial charge in [-0.2, -0.15) is 5.10 Å². The van der Waals surface area contributed by atoms with Crippen LogP contribution in [0.2, 0.25) is 0 Å². The van der Waals surface area contributed by atoms with Crippen LogP contribution in [0.1, 0.15) is 16.7 Å².